The van der Waals surface area contributed by atoms with E-state index in [9.17, 15) is 14.7 Å². The number of fused-ring (bicyclic) bond motifs is 1. The van der Waals surface area contributed by atoms with Gasteiger partial charge in [0, 0.05) is 22.8 Å². The first-order valence-electron chi connectivity index (χ1n) is 7.71. The average Bonchev–Trinajstić information content (AvgIpc) is 2.90. The molecular weight excluding hydrogens is 286 g/mol. The standard InChI is InChI=1S/C16H21NO3S/c1-10-6-7-11(16(19)20)8-17(10)15(18)13-9-21-14-5-3-2-4-12(13)14/h9-11H,2-8H2,1H3,(H,19,20). The molecule has 2 heterocycles. The lowest BCUT2D eigenvalue weighted by Crippen LogP contribution is -2.47. The molecule has 114 valence electrons. The number of carboxylic acids is 1. The third kappa shape index (κ3) is 2.71. The van der Waals surface area contributed by atoms with Crippen molar-refractivity contribution in [3.05, 3.63) is 21.4 Å². The summed E-state index contributed by atoms with van der Waals surface area (Å²) < 4.78 is 0. The molecule has 5 heteroatoms. The van der Waals surface area contributed by atoms with Gasteiger partial charge in [-0.1, -0.05) is 0 Å². The molecule has 0 radical (unpaired) electrons. The second-order valence-electron chi connectivity index (χ2n) is 6.18. The Morgan fingerprint density at radius 1 is 1.29 bits per heavy atom. The van der Waals surface area contributed by atoms with Gasteiger partial charge in [-0.15, -0.1) is 11.3 Å². The van der Waals surface area contributed by atoms with Crippen LogP contribution in [-0.2, 0) is 17.6 Å². The number of rotatable bonds is 2. The van der Waals surface area contributed by atoms with Crippen LogP contribution in [0.4, 0.5) is 0 Å². The molecule has 0 saturated carbocycles. The van der Waals surface area contributed by atoms with Crippen molar-refractivity contribution >= 4 is 23.2 Å². The van der Waals surface area contributed by atoms with Crippen molar-refractivity contribution in [2.45, 2.75) is 51.5 Å². The summed E-state index contributed by atoms with van der Waals surface area (Å²) in [5, 5.41) is 11.2. The van der Waals surface area contributed by atoms with Crippen molar-refractivity contribution in [1.82, 2.24) is 4.90 Å². The second kappa shape index (κ2) is 5.79. The van der Waals surface area contributed by atoms with E-state index in [2.05, 4.69) is 0 Å². The highest BCUT2D eigenvalue weighted by molar-refractivity contribution is 7.10. The SMILES string of the molecule is CC1CCC(C(=O)O)CN1C(=O)c1csc2c1CCCC2. The molecule has 2 aliphatic rings. The fraction of sp³-hybridized carbons (Fsp3) is 0.625. The van der Waals surface area contributed by atoms with Crippen LogP contribution in [0.2, 0.25) is 0 Å². The van der Waals surface area contributed by atoms with Crippen molar-refractivity contribution in [3.8, 4) is 0 Å². The van der Waals surface area contributed by atoms with Crippen molar-refractivity contribution < 1.29 is 14.7 Å². The number of hydrogen-bond donors (Lipinski definition) is 1. The highest BCUT2D eigenvalue weighted by atomic mass is 32.1. The van der Waals surface area contributed by atoms with Gasteiger partial charge in [-0.2, -0.15) is 0 Å². The minimum absolute atomic E-state index is 0.0350. The predicted molar refractivity (Wildman–Crippen MR) is 81.8 cm³/mol. The highest BCUT2D eigenvalue weighted by Gasteiger charge is 2.34. The highest BCUT2D eigenvalue weighted by Crippen LogP contribution is 2.32. The summed E-state index contributed by atoms with van der Waals surface area (Å²) in [6.45, 7) is 2.37. The van der Waals surface area contributed by atoms with E-state index in [0.29, 0.717) is 13.0 Å². The van der Waals surface area contributed by atoms with Crippen LogP contribution in [0.25, 0.3) is 0 Å². The first-order chi connectivity index (χ1) is 10.1. The number of amides is 1. The van der Waals surface area contributed by atoms with Crippen LogP contribution < -0.4 is 0 Å². The Labute approximate surface area is 128 Å². The molecule has 4 nitrogen and oxygen atoms in total. The van der Waals surface area contributed by atoms with Gasteiger partial charge in [-0.25, -0.2) is 0 Å². The fourth-order valence-corrected chi connectivity index (χ4v) is 4.54. The Morgan fingerprint density at radius 3 is 2.81 bits per heavy atom. The van der Waals surface area contributed by atoms with Crippen LogP contribution in [0, 0.1) is 5.92 Å². The van der Waals surface area contributed by atoms with Crippen molar-refractivity contribution in [1.29, 1.82) is 0 Å². The first-order valence-corrected chi connectivity index (χ1v) is 8.59. The van der Waals surface area contributed by atoms with Crippen molar-refractivity contribution in [2.75, 3.05) is 6.54 Å². The van der Waals surface area contributed by atoms with Gasteiger partial charge in [0.2, 0.25) is 0 Å². The molecule has 0 bridgehead atoms. The van der Waals surface area contributed by atoms with Gasteiger partial charge < -0.3 is 10.0 Å². The summed E-state index contributed by atoms with van der Waals surface area (Å²) >= 11 is 1.69. The normalized spacial score (nSPS) is 25.5. The molecule has 1 amide bonds. The van der Waals surface area contributed by atoms with E-state index in [1.54, 1.807) is 16.2 Å². The number of carboxylic acid groups (broad SMARTS) is 1. The van der Waals surface area contributed by atoms with Gasteiger partial charge in [0.05, 0.1) is 11.5 Å². The third-order valence-corrected chi connectivity index (χ3v) is 5.87. The largest absolute Gasteiger partial charge is 0.481 e. The molecule has 0 spiro atoms. The van der Waals surface area contributed by atoms with Crippen LogP contribution >= 0.6 is 11.3 Å². The van der Waals surface area contributed by atoms with Gasteiger partial charge in [-0.3, -0.25) is 9.59 Å². The van der Waals surface area contributed by atoms with E-state index in [1.165, 1.54) is 16.9 Å². The zero-order chi connectivity index (χ0) is 15.0. The first kappa shape index (κ1) is 14.6. The van der Waals surface area contributed by atoms with Gasteiger partial charge in [0.15, 0.2) is 0 Å². The van der Waals surface area contributed by atoms with E-state index in [-0.39, 0.29) is 11.9 Å². The number of aliphatic carboxylic acids is 1. The summed E-state index contributed by atoms with van der Waals surface area (Å²) in [4.78, 5) is 27.2. The molecular formula is C16H21NO3S. The molecule has 1 aliphatic heterocycles. The molecule has 3 rings (SSSR count). The van der Waals surface area contributed by atoms with Crippen LogP contribution in [-0.4, -0.2) is 34.5 Å². The lowest BCUT2D eigenvalue weighted by Gasteiger charge is -2.36. The topological polar surface area (TPSA) is 57.6 Å². The summed E-state index contributed by atoms with van der Waals surface area (Å²) in [7, 11) is 0. The van der Waals surface area contributed by atoms with E-state index in [1.807, 2.05) is 12.3 Å². The maximum atomic E-state index is 12.9. The monoisotopic (exact) mass is 307 g/mol. The lowest BCUT2D eigenvalue weighted by atomic mass is 9.91. The maximum Gasteiger partial charge on any atom is 0.308 e. The van der Waals surface area contributed by atoms with Crippen molar-refractivity contribution in [2.24, 2.45) is 5.92 Å². The van der Waals surface area contributed by atoms with E-state index in [4.69, 9.17) is 0 Å². The predicted octanol–water partition coefficient (Wildman–Crippen LogP) is 2.95. The molecule has 0 aromatic carbocycles. The summed E-state index contributed by atoms with van der Waals surface area (Å²) in [5.41, 5.74) is 2.05. The summed E-state index contributed by atoms with van der Waals surface area (Å²) in [5.74, 6) is -1.17. The van der Waals surface area contributed by atoms with E-state index < -0.39 is 11.9 Å². The smallest absolute Gasteiger partial charge is 0.308 e. The zero-order valence-electron chi connectivity index (χ0n) is 12.3. The Morgan fingerprint density at radius 2 is 2.05 bits per heavy atom. The van der Waals surface area contributed by atoms with Gasteiger partial charge in [0.25, 0.3) is 5.91 Å². The third-order valence-electron chi connectivity index (χ3n) is 4.78. The van der Waals surface area contributed by atoms with Crippen LogP contribution in [0.1, 0.15) is 53.4 Å². The minimum Gasteiger partial charge on any atom is -0.481 e. The number of nitrogens with zero attached hydrogens (tertiary/aromatic N) is 1. The summed E-state index contributed by atoms with van der Waals surface area (Å²) in [6, 6.07) is 0.132. The lowest BCUT2D eigenvalue weighted by molar-refractivity contribution is -0.143. The number of piperidine rings is 1. The molecule has 1 aliphatic carbocycles. The molecule has 1 saturated heterocycles. The average molecular weight is 307 g/mol. The number of likely N-dealkylation sites (tertiary alicyclic amines) is 1. The molecule has 2 atom stereocenters. The fourth-order valence-electron chi connectivity index (χ4n) is 3.42. The molecule has 21 heavy (non-hydrogen) atoms. The van der Waals surface area contributed by atoms with Gasteiger partial charge in [-0.05, 0) is 51.0 Å². The van der Waals surface area contributed by atoms with E-state index >= 15 is 0 Å². The Bertz CT molecular complexity index is 566. The Kier molecular flexibility index (Phi) is 4.02. The molecule has 1 fully saturated rings. The van der Waals surface area contributed by atoms with E-state index in [0.717, 1.165) is 31.2 Å². The summed E-state index contributed by atoms with van der Waals surface area (Å²) in [6.07, 6.45) is 5.88. The molecule has 1 aromatic rings. The minimum atomic E-state index is -0.785. The Balaban J connectivity index is 1.83. The maximum absolute atomic E-state index is 12.9. The van der Waals surface area contributed by atoms with Crippen LogP contribution in [0.15, 0.2) is 5.38 Å². The molecule has 2 unspecified atom stereocenters. The quantitative estimate of drug-likeness (QED) is 0.914. The molecule has 1 N–H and O–H groups in total. The molecule has 1 aromatic heterocycles. The number of hydrogen-bond acceptors (Lipinski definition) is 3. The Hall–Kier alpha value is -1.36. The van der Waals surface area contributed by atoms with Gasteiger partial charge in [0.1, 0.15) is 0 Å². The second-order valence-corrected chi connectivity index (χ2v) is 7.14. The zero-order valence-corrected chi connectivity index (χ0v) is 13.1. The number of thiophene rings is 1. The van der Waals surface area contributed by atoms with Crippen LogP contribution in [0.5, 0.6) is 0 Å². The number of carbonyl (C=O) groups excluding carboxylic acids is 1. The van der Waals surface area contributed by atoms with Gasteiger partial charge >= 0.3 is 5.97 Å². The van der Waals surface area contributed by atoms with Crippen LogP contribution in [0.3, 0.4) is 0 Å². The number of aryl methyl sites for hydroxylation is 1. The number of carbonyl (C=O) groups is 2. The van der Waals surface area contributed by atoms with Crippen molar-refractivity contribution in [3.63, 3.8) is 0 Å².